The average molecular weight is 296 g/mol. The van der Waals surface area contributed by atoms with Crippen molar-refractivity contribution < 1.29 is 4.40 Å². The highest BCUT2D eigenvalue weighted by Crippen LogP contribution is 2.22. The van der Waals surface area contributed by atoms with Gasteiger partial charge in [0, 0.05) is 17.7 Å². The van der Waals surface area contributed by atoms with Crippen LogP contribution in [0.15, 0.2) is 85.2 Å². The fourth-order valence-electron chi connectivity index (χ4n) is 3.20. The van der Waals surface area contributed by atoms with Gasteiger partial charge in [-0.1, -0.05) is 30.3 Å². The van der Waals surface area contributed by atoms with E-state index in [-0.39, 0.29) is 0 Å². The van der Waals surface area contributed by atoms with Crippen molar-refractivity contribution in [1.82, 2.24) is 9.38 Å². The highest BCUT2D eigenvalue weighted by atomic mass is 15.1. The van der Waals surface area contributed by atoms with E-state index in [9.17, 15) is 0 Å². The second-order valence-electron chi connectivity index (χ2n) is 5.63. The molecule has 3 heteroatoms. The summed E-state index contributed by atoms with van der Waals surface area (Å²) in [5.74, 6) is 0. The number of nitrogens with zero attached hydrogens (tertiary/aromatic N) is 3. The van der Waals surface area contributed by atoms with E-state index < -0.39 is 0 Å². The zero-order valence-corrected chi connectivity index (χ0v) is 12.4. The Bertz CT molecular complexity index is 1160. The summed E-state index contributed by atoms with van der Waals surface area (Å²) in [5, 5.41) is 0. The number of rotatable bonds is 1. The monoisotopic (exact) mass is 296 g/mol. The first kappa shape index (κ1) is 12.4. The molecule has 5 rings (SSSR count). The van der Waals surface area contributed by atoms with E-state index >= 15 is 0 Å². The molecule has 3 nitrogen and oxygen atoms in total. The van der Waals surface area contributed by atoms with Gasteiger partial charge >= 0.3 is 0 Å². The topological polar surface area (TPSA) is 21.4 Å². The van der Waals surface area contributed by atoms with E-state index in [2.05, 4.69) is 81.9 Å². The molecule has 23 heavy (non-hydrogen) atoms. The quantitative estimate of drug-likeness (QED) is 0.430. The SMILES string of the molecule is c1ccc(-c2cn3c4ccccc4nc3c3cccc[n+]23)cc1. The number of hydrogen-bond donors (Lipinski definition) is 0. The van der Waals surface area contributed by atoms with E-state index in [1.165, 1.54) is 5.56 Å². The average Bonchev–Trinajstić information content (AvgIpc) is 3.01. The smallest absolute Gasteiger partial charge is 0.254 e. The molecular formula is C20H14N3+. The van der Waals surface area contributed by atoms with Crippen LogP contribution in [0.1, 0.15) is 0 Å². The number of hydrogen-bond acceptors (Lipinski definition) is 1. The molecule has 108 valence electrons. The molecule has 0 amide bonds. The van der Waals surface area contributed by atoms with Gasteiger partial charge in [0.25, 0.3) is 5.52 Å². The summed E-state index contributed by atoms with van der Waals surface area (Å²) in [6, 6.07) is 25.0. The van der Waals surface area contributed by atoms with Crippen LogP contribution in [-0.2, 0) is 0 Å². The maximum Gasteiger partial charge on any atom is 0.254 e. The third-order valence-electron chi connectivity index (χ3n) is 4.27. The van der Waals surface area contributed by atoms with Crippen molar-refractivity contribution in [2.24, 2.45) is 0 Å². The normalized spacial score (nSPS) is 11.5. The lowest BCUT2D eigenvalue weighted by Gasteiger charge is -2.03. The van der Waals surface area contributed by atoms with Crippen molar-refractivity contribution in [2.75, 3.05) is 0 Å². The first-order chi connectivity index (χ1) is 11.4. The predicted octanol–water partition coefficient (Wildman–Crippen LogP) is 3.89. The van der Waals surface area contributed by atoms with Crippen molar-refractivity contribution in [1.29, 1.82) is 0 Å². The first-order valence-electron chi connectivity index (χ1n) is 7.67. The highest BCUT2D eigenvalue weighted by Gasteiger charge is 2.18. The van der Waals surface area contributed by atoms with E-state index in [0.29, 0.717) is 0 Å². The van der Waals surface area contributed by atoms with Crippen molar-refractivity contribution >= 4 is 22.2 Å². The molecule has 0 bridgehead atoms. The number of aromatic nitrogens is 3. The summed E-state index contributed by atoms with van der Waals surface area (Å²) < 4.78 is 4.39. The van der Waals surface area contributed by atoms with E-state index in [4.69, 9.17) is 4.98 Å². The third-order valence-corrected chi connectivity index (χ3v) is 4.27. The molecule has 0 radical (unpaired) electrons. The molecule has 0 saturated heterocycles. The molecule has 0 saturated carbocycles. The van der Waals surface area contributed by atoms with Gasteiger partial charge in [-0.2, -0.15) is 4.40 Å². The van der Waals surface area contributed by atoms with Gasteiger partial charge in [-0.05, 0) is 30.3 Å². The number of fused-ring (bicyclic) bond motifs is 5. The lowest BCUT2D eigenvalue weighted by Crippen LogP contribution is -2.25. The minimum Gasteiger partial charge on any atom is -0.287 e. The third kappa shape index (κ3) is 1.77. The highest BCUT2D eigenvalue weighted by molar-refractivity contribution is 5.85. The van der Waals surface area contributed by atoms with Crippen LogP contribution in [0.2, 0.25) is 0 Å². The van der Waals surface area contributed by atoms with Crippen LogP contribution < -0.4 is 4.40 Å². The Hall–Kier alpha value is -3.20. The fourth-order valence-corrected chi connectivity index (χ4v) is 3.20. The molecule has 5 aromatic rings. The van der Waals surface area contributed by atoms with Crippen LogP contribution in [0.5, 0.6) is 0 Å². The zero-order chi connectivity index (χ0) is 15.2. The molecule has 0 aliphatic heterocycles. The Morgan fingerprint density at radius 1 is 0.783 bits per heavy atom. The fraction of sp³-hybridized carbons (Fsp3) is 0. The van der Waals surface area contributed by atoms with Gasteiger partial charge in [0.05, 0.1) is 17.2 Å². The summed E-state index contributed by atoms with van der Waals surface area (Å²) in [7, 11) is 0. The summed E-state index contributed by atoms with van der Waals surface area (Å²) >= 11 is 0. The van der Waals surface area contributed by atoms with Crippen molar-refractivity contribution in [3.05, 3.63) is 85.2 Å². The number of benzene rings is 2. The predicted molar refractivity (Wildman–Crippen MR) is 91.3 cm³/mol. The Labute approximate surface area is 133 Å². The second kappa shape index (κ2) is 4.65. The molecule has 0 aliphatic rings. The largest absolute Gasteiger partial charge is 0.287 e. The molecule has 3 heterocycles. The van der Waals surface area contributed by atoms with Crippen LogP contribution in [0.3, 0.4) is 0 Å². The molecule has 0 fully saturated rings. The molecule has 0 spiro atoms. The van der Waals surface area contributed by atoms with Gasteiger partial charge in [0.15, 0.2) is 6.20 Å². The zero-order valence-electron chi connectivity index (χ0n) is 12.4. The minimum absolute atomic E-state index is 0.978. The van der Waals surface area contributed by atoms with Crippen LogP contribution in [0, 0.1) is 0 Å². The van der Waals surface area contributed by atoms with Gasteiger partial charge < -0.3 is 0 Å². The number of imidazole rings is 1. The molecular weight excluding hydrogens is 282 g/mol. The maximum atomic E-state index is 4.82. The Morgan fingerprint density at radius 3 is 2.48 bits per heavy atom. The summed E-state index contributed by atoms with van der Waals surface area (Å²) in [6.45, 7) is 0. The minimum atomic E-state index is 0.978. The molecule has 0 N–H and O–H groups in total. The Balaban J connectivity index is 2.02. The summed E-state index contributed by atoms with van der Waals surface area (Å²) in [4.78, 5) is 4.82. The number of pyridine rings is 1. The lowest BCUT2D eigenvalue weighted by atomic mass is 10.1. The van der Waals surface area contributed by atoms with Crippen molar-refractivity contribution in [2.45, 2.75) is 0 Å². The van der Waals surface area contributed by atoms with E-state index in [1.54, 1.807) is 0 Å². The van der Waals surface area contributed by atoms with Crippen LogP contribution in [0.4, 0.5) is 0 Å². The first-order valence-corrected chi connectivity index (χ1v) is 7.67. The van der Waals surface area contributed by atoms with Crippen LogP contribution >= 0.6 is 0 Å². The van der Waals surface area contributed by atoms with Crippen LogP contribution in [-0.4, -0.2) is 9.38 Å². The summed E-state index contributed by atoms with van der Waals surface area (Å²) in [5.41, 5.74) is 6.57. The molecule has 0 atom stereocenters. The van der Waals surface area contributed by atoms with Gasteiger partial charge in [-0.15, -0.1) is 0 Å². The van der Waals surface area contributed by atoms with Crippen molar-refractivity contribution in [3.63, 3.8) is 0 Å². The van der Waals surface area contributed by atoms with Gasteiger partial charge in [0.1, 0.15) is 0 Å². The maximum absolute atomic E-state index is 4.82. The van der Waals surface area contributed by atoms with Crippen LogP contribution in [0.25, 0.3) is 33.5 Å². The standard InChI is InChI=1S/C20H14N3/c1-2-8-15(9-3-1)19-14-23-17-11-5-4-10-16(17)21-20(23)18-12-6-7-13-22(18)19/h1-14H/q+1. The molecule has 0 unspecified atom stereocenters. The molecule has 2 aromatic carbocycles. The summed E-state index contributed by atoms with van der Waals surface area (Å²) in [6.07, 6.45) is 4.27. The van der Waals surface area contributed by atoms with Gasteiger partial charge in [0.2, 0.25) is 11.3 Å². The molecule has 0 aliphatic carbocycles. The molecule has 3 aromatic heterocycles. The van der Waals surface area contributed by atoms with Crippen molar-refractivity contribution in [3.8, 4) is 11.3 Å². The van der Waals surface area contributed by atoms with Gasteiger partial charge in [-0.25, -0.2) is 4.98 Å². The van der Waals surface area contributed by atoms with E-state index in [1.807, 2.05) is 12.1 Å². The number of para-hydroxylation sites is 2. The Kier molecular flexibility index (Phi) is 2.50. The Morgan fingerprint density at radius 2 is 1.57 bits per heavy atom. The second-order valence-corrected chi connectivity index (χ2v) is 5.63. The van der Waals surface area contributed by atoms with Gasteiger partial charge in [-0.3, -0.25) is 4.40 Å². The lowest BCUT2D eigenvalue weighted by molar-refractivity contribution is -0.499. The van der Waals surface area contributed by atoms with E-state index in [0.717, 1.165) is 27.9 Å².